The van der Waals surface area contributed by atoms with Crippen molar-refractivity contribution in [1.82, 2.24) is 9.80 Å². The number of likely N-dealkylation sites (tertiary alicyclic amines) is 1. The van der Waals surface area contributed by atoms with E-state index in [4.69, 9.17) is 4.74 Å². The van der Waals surface area contributed by atoms with Gasteiger partial charge in [0.25, 0.3) is 0 Å². The standard InChI is InChI=1S/C23H26N2O4/c1-24(14-22(27)25-12-10-16(26)11-13-25)23(28)29-15-21-19-8-4-2-6-17(19)18-7-3-5-9-20(18)21/h2-9,16,21,26H,10-15H2,1H3. The number of hydrogen-bond donors (Lipinski definition) is 1. The molecule has 1 heterocycles. The second-order valence-electron chi connectivity index (χ2n) is 7.77. The van der Waals surface area contributed by atoms with Crippen molar-refractivity contribution in [3.8, 4) is 11.1 Å². The largest absolute Gasteiger partial charge is 0.448 e. The van der Waals surface area contributed by atoms with Crippen molar-refractivity contribution in [2.24, 2.45) is 0 Å². The summed E-state index contributed by atoms with van der Waals surface area (Å²) in [7, 11) is 1.58. The normalized spacial score (nSPS) is 16.3. The van der Waals surface area contributed by atoms with Crippen LogP contribution < -0.4 is 0 Å². The smallest absolute Gasteiger partial charge is 0.409 e. The predicted octanol–water partition coefficient (Wildman–Crippen LogP) is 2.85. The molecule has 0 radical (unpaired) electrons. The van der Waals surface area contributed by atoms with Crippen LogP contribution in [0.15, 0.2) is 48.5 Å². The highest BCUT2D eigenvalue weighted by Crippen LogP contribution is 2.44. The highest BCUT2D eigenvalue weighted by molar-refractivity contribution is 5.82. The summed E-state index contributed by atoms with van der Waals surface area (Å²) >= 11 is 0. The van der Waals surface area contributed by atoms with Crippen molar-refractivity contribution in [2.45, 2.75) is 24.9 Å². The van der Waals surface area contributed by atoms with E-state index in [0.717, 1.165) is 11.1 Å². The molecule has 0 bridgehead atoms. The third-order valence-corrected chi connectivity index (χ3v) is 5.84. The maximum absolute atomic E-state index is 12.5. The molecule has 0 unspecified atom stereocenters. The molecule has 4 rings (SSSR count). The van der Waals surface area contributed by atoms with Gasteiger partial charge < -0.3 is 19.6 Å². The van der Waals surface area contributed by atoms with Gasteiger partial charge in [0.2, 0.25) is 5.91 Å². The third-order valence-electron chi connectivity index (χ3n) is 5.84. The Bertz CT molecular complexity index is 860. The molecule has 2 aliphatic rings. The molecular weight excluding hydrogens is 368 g/mol. The summed E-state index contributed by atoms with van der Waals surface area (Å²) in [6.45, 7) is 1.27. The molecule has 1 N–H and O–H groups in total. The summed E-state index contributed by atoms with van der Waals surface area (Å²) in [5.41, 5.74) is 4.68. The fraction of sp³-hybridized carbons (Fsp3) is 0.391. The van der Waals surface area contributed by atoms with Crippen molar-refractivity contribution in [1.29, 1.82) is 0 Å². The van der Waals surface area contributed by atoms with E-state index in [0.29, 0.717) is 25.9 Å². The lowest BCUT2D eigenvalue weighted by atomic mass is 9.98. The van der Waals surface area contributed by atoms with E-state index in [2.05, 4.69) is 24.3 Å². The van der Waals surface area contributed by atoms with Crippen molar-refractivity contribution < 1.29 is 19.4 Å². The maximum Gasteiger partial charge on any atom is 0.409 e. The second kappa shape index (κ2) is 8.25. The molecule has 152 valence electrons. The van der Waals surface area contributed by atoms with Crippen molar-refractivity contribution in [2.75, 3.05) is 33.3 Å². The number of aliphatic hydroxyl groups excluding tert-OH is 1. The number of fused-ring (bicyclic) bond motifs is 3. The first-order chi connectivity index (χ1) is 14.0. The quantitative estimate of drug-likeness (QED) is 0.866. The lowest BCUT2D eigenvalue weighted by Crippen LogP contribution is -2.45. The highest BCUT2D eigenvalue weighted by Gasteiger charge is 2.30. The molecule has 29 heavy (non-hydrogen) atoms. The van der Waals surface area contributed by atoms with Crippen LogP contribution >= 0.6 is 0 Å². The number of hydrogen-bond acceptors (Lipinski definition) is 4. The molecule has 2 aromatic rings. The Hall–Kier alpha value is -2.86. The van der Waals surface area contributed by atoms with Crippen LogP contribution in [-0.4, -0.2) is 66.3 Å². The SMILES string of the molecule is CN(CC(=O)N1CCC(O)CC1)C(=O)OCC1c2ccccc2-c2ccccc21. The Balaban J connectivity index is 1.36. The molecule has 2 aromatic carbocycles. The fourth-order valence-electron chi connectivity index (χ4n) is 4.19. The fourth-order valence-corrected chi connectivity index (χ4v) is 4.19. The minimum atomic E-state index is -0.503. The van der Waals surface area contributed by atoms with Crippen LogP contribution in [0.4, 0.5) is 4.79 Å². The average molecular weight is 394 g/mol. The Morgan fingerprint density at radius 3 is 2.17 bits per heavy atom. The minimum absolute atomic E-state index is 0.000895. The number of nitrogens with zero attached hydrogens (tertiary/aromatic N) is 2. The lowest BCUT2D eigenvalue weighted by Gasteiger charge is -2.30. The predicted molar refractivity (Wildman–Crippen MR) is 110 cm³/mol. The number of piperidine rings is 1. The molecule has 0 spiro atoms. The van der Waals surface area contributed by atoms with E-state index >= 15 is 0 Å². The van der Waals surface area contributed by atoms with Crippen molar-refractivity contribution >= 4 is 12.0 Å². The summed E-state index contributed by atoms with van der Waals surface area (Å²) in [6.07, 6.45) is 0.331. The molecule has 1 fully saturated rings. The molecule has 2 amide bonds. The van der Waals surface area contributed by atoms with Crippen LogP contribution in [-0.2, 0) is 9.53 Å². The van der Waals surface area contributed by atoms with Crippen LogP contribution in [0.1, 0.15) is 29.9 Å². The zero-order valence-electron chi connectivity index (χ0n) is 16.6. The Labute approximate surface area is 170 Å². The first-order valence-corrected chi connectivity index (χ1v) is 10.1. The average Bonchev–Trinajstić information content (AvgIpc) is 3.06. The number of likely N-dealkylation sites (N-methyl/N-ethyl adjacent to an activating group) is 1. The third kappa shape index (κ3) is 3.98. The summed E-state index contributed by atoms with van der Waals surface area (Å²) < 4.78 is 5.58. The van der Waals surface area contributed by atoms with E-state index in [1.165, 1.54) is 16.0 Å². The van der Waals surface area contributed by atoms with E-state index in [-0.39, 0.29) is 31.1 Å². The minimum Gasteiger partial charge on any atom is -0.448 e. The summed E-state index contributed by atoms with van der Waals surface area (Å²) in [5, 5.41) is 9.57. The Morgan fingerprint density at radius 1 is 1.03 bits per heavy atom. The number of carbonyl (C=O) groups excluding carboxylic acids is 2. The van der Waals surface area contributed by atoms with Crippen molar-refractivity contribution in [3.63, 3.8) is 0 Å². The van der Waals surface area contributed by atoms with Gasteiger partial charge in [-0.2, -0.15) is 0 Å². The monoisotopic (exact) mass is 394 g/mol. The Morgan fingerprint density at radius 2 is 1.59 bits per heavy atom. The zero-order chi connectivity index (χ0) is 20.4. The molecule has 0 saturated carbocycles. The van der Waals surface area contributed by atoms with Crippen LogP contribution in [0.2, 0.25) is 0 Å². The molecule has 0 atom stereocenters. The topological polar surface area (TPSA) is 70.1 Å². The molecule has 1 aliphatic carbocycles. The Kier molecular flexibility index (Phi) is 5.53. The van der Waals surface area contributed by atoms with Gasteiger partial charge in [-0.25, -0.2) is 4.79 Å². The second-order valence-corrected chi connectivity index (χ2v) is 7.77. The van der Waals surface area contributed by atoms with E-state index in [9.17, 15) is 14.7 Å². The van der Waals surface area contributed by atoms with Gasteiger partial charge in [0, 0.05) is 26.1 Å². The summed E-state index contributed by atoms with van der Waals surface area (Å²) in [6, 6.07) is 16.4. The molecule has 1 saturated heterocycles. The highest BCUT2D eigenvalue weighted by atomic mass is 16.6. The molecule has 6 nitrogen and oxygen atoms in total. The van der Waals surface area contributed by atoms with Crippen molar-refractivity contribution in [3.05, 3.63) is 59.7 Å². The first kappa shape index (κ1) is 19.5. The molecule has 1 aliphatic heterocycles. The molecule has 0 aromatic heterocycles. The lowest BCUT2D eigenvalue weighted by molar-refractivity contribution is -0.133. The number of ether oxygens (including phenoxy) is 1. The van der Waals surface area contributed by atoms with Crippen LogP contribution in [0.25, 0.3) is 11.1 Å². The van der Waals surface area contributed by atoms with Crippen LogP contribution in [0.3, 0.4) is 0 Å². The van der Waals surface area contributed by atoms with Crippen LogP contribution in [0, 0.1) is 0 Å². The van der Waals surface area contributed by atoms with Gasteiger partial charge in [0.1, 0.15) is 13.2 Å². The van der Waals surface area contributed by atoms with E-state index in [1.807, 2.05) is 24.3 Å². The van der Waals surface area contributed by atoms with Crippen LogP contribution in [0.5, 0.6) is 0 Å². The van der Waals surface area contributed by atoms with E-state index < -0.39 is 6.09 Å². The van der Waals surface area contributed by atoms with Gasteiger partial charge in [0.05, 0.1) is 6.10 Å². The van der Waals surface area contributed by atoms with Gasteiger partial charge in [0.15, 0.2) is 0 Å². The number of amides is 2. The van der Waals surface area contributed by atoms with Gasteiger partial charge in [-0.15, -0.1) is 0 Å². The molecular formula is C23H26N2O4. The van der Waals surface area contributed by atoms with Gasteiger partial charge in [-0.05, 0) is 35.1 Å². The maximum atomic E-state index is 12.5. The van der Waals surface area contributed by atoms with Gasteiger partial charge in [-0.1, -0.05) is 48.5 Å². The molecule has 6 heteroatoms. The summed E-state index contributed by atoms with van der Waals surface area (Å²) in [4.78, 5) is 27.9. The van der Waals surface area contributed by atoms with Gasteiger partial charge >= 0.3 is 6.09 Å². The first-order valence-electron chi connectivity index (χ1n) is 10.1. The number of carbonyl (C=O) groups is 2. The van der Waals surface area contributed by atoms with Gasteiger partial charge in [-0.3, -0.25) is 4.79 Å². The number of benzene rings is 2. The summed E-state index contributed by atoms with van der Waals surface area (Å²) in [5.74, 6) is -0.119. The zero-order valence-corrected chi connectivity index (χ0v) is 16.6. The van der Waals surface area contributed by atoms with E-state index in [1.54, 1.807) is 11.9 Å². The number of rotatable bonds is 4. The number of aliphatic hydroxyl groups is 1.